The van der Waals surface area contributed by atoms with E-state index in [0.717, 1.165) is 12.3 Å². The minimum atomic E-state index is -0.349. The van der Waals surface area contributed by atoms with Crippen LogP contribution in [-0.2, 0) is 14.3 Å². The molecule has 7 nitrogen and oxygen atoms in total. The molecular formula is C22H26N2O5. The van der Waals surface area contributed by atoms with Crippen molar-refractivity contribution in [1.82, 2.24) is 0 Å². The van der Waals surface area contributed by atoms with Crippen molar-refractivity contribution in [3.63, 3.8) is 0 Å². The van der Waals surface area contributed by atoms with Crippen molar-refractivity contribution in [2.24, 2.45) is 17.8 Å². The summed E-state index contributed by atoms with van der Waals surface area (Å²) >= 11 is 0. The molecule has 2 fully saturated rings. The van der Waals surface area contributed by atoms with Gasteiger partial charge in [0.1, 0.15) is 13.2 Å². The highest BCUT2D eigenvalue weighted by molar-refractivity contribution is 5.95. The fourth-order valence-corrected chi connectivity index (χ4v) is 4.88. The summed E-state index contributed by atoms with van der Waals surface area (Å²) in [5, 5.41) is 8.95. The van der Waals surface area contributed by atoms with Gasteiger partial charge in [0, 0.05) is 24.7 Å². The lowest BCUT2D eigenvalue weighted by molar-refractivity contribution is -0.149. The lowest BCUT2D eigenvalue weighted by Crippen LogP contribution is -2.35. The number of fused-ring (bicyclic) bond motifs is 3. The fraction of sp³-hybridized carbons (Fsp3) is 0.591. The zero-order chi connectivity index (χ0) is 20.2. The highest BCUT2D eigenvalue weighted by atomic mass is 16.6. The number of rotatable bonds is 7. The van der Waals surface area contributed by atoms with Crippen LogP contribution in [0, 0.1) is 29.1 Å². The number of amides is 1. The van der Waals surface area contributed by atoms with Crippen LogP contribution in [0.2, 0.25) is 0 Å². The van der Waals surface area contributed by atoms with Gasteiger partial charge in [0.25, 0.3) is 5.91 Å². The second kappa shape index (κ2) is 8.73. The predicted molar refractivity (Wildman–Crippen MR) is 105 cm³/mol. The molecule has 0 N–H and O–H groups in total. The van der Waals surface area contributed by atoms with E-state index < -0.39 is 0 Å². The molecular weight excluding hydrogens is 372 g/mol. The molecule has 1 aromatic rings. The highest BCUT2D eigenvalue weighted by Crippen LogP contribution is 2.49. The molecule has 1 amide bonds. The molecule has 1 aliphatic heterocycles. The maximum absolute atomic E-state index is 12.8. The van der Waals surface area contributed by atoms with Crippen molar-refractivity contribution < 1.29 is 23.8 Å². The largest absolute Gasteiger partial charge is 0.486 e. The van der Waals surface area contributed by atoms with Gasteiger partial charge in [-0.15, -0.1) is 0 Å². The van der Waals surface area contributed by atoms with Gasteiger partial charge in [-0.05, 0) is 49.1 Å². The molecule has 2 aliphatic carbocycles. The topological polar surface area (TPSA) is 88.9 Å². The van der Waals surface area contributed by atoms with Gasteiger partial charge in [0.15, 0.2) is 18.1 Å². The van der Waals surface area contributed by atoms with Gasteiger partial charge in [0.2, 0.25) is 0 Å². The maximum atomic E-state index is 12.8. The van der Waals surface area contributed by atoms with Gasteiger partial charge < -0.3 is 19.1 Å². The third-order valence-corrected chi connectivity index (χ3v) is 6.26. The molecule has 0 unspecified atom stereocenters. The standard InChI is InChI=1S/C22H26N2O5/c23-6-1-7-24(18-4-5-19-20(13-18)28-9-8-27-19)21(25)14-29-22(26)12-17-11-15-2-3-16(17)10-15/h4-5,13,15-17H,1-3,7-12,14H2/t15-,16+,17-/m0/s1. The number of nitrogens with zero attached hydrogens (tertiary/aromatic N) is 2. The van der Waals surface area contributed by atoms with E-state index >= 15 is 0 Å². The van der Waals surface area contributed by atoms with E-state index in [1.165, 1.54) is 24.2 Å². The molecule has 1 heterocycles. The Morgan fingerprint density at radius 1 is 1.17 bits per heavy atom. The first kappa shape index (κ1) is 19.6. The quantitative estimate of drug-likeness (QED) is 0.656. The molecule has 3 aliphatic rings. The normalized spacial score (nSPS) is 24.0. The van der Waals surface area contributed by atoms with Crippen molar-refractivity contribution in [3.05, 3.63) is 18.2 Å². The maximum Gasteiger partial charge on any atom is 0.306 e. The summed E-state index contributed by atoms with van der Waals surface area (Å²) in [6, 6.07) is 7.28. The summed E-state index contributed by atoms with van der Waals surface area (Å²) in [4.78, 5) is 26.5. The first-order valence-electron chi connectivity index (χ1n) is 10.4. The molecule has 4 rings (SSSR count). The Morgan fingerprint density at radius 2 is 2.00 bits per heavy atom. The lowest BCUT2D eigenvalue weighted by Gasteiger charge is -2.25. The van der Waals surface area contributed by atoms with Gasteiger partial charge >= 0.3 is 5.97 Å². The van der Waals surface area contributed by atoms with Crippen LogP contribution in [0.25, 0.3) is 0 Å². The van der Waals surface area contributed by atoms with E-state index in [4.69, 9.17) is 19.5 Å². The molecule has 0 radical (unpaired) electrons. The van der Waals surface area contributed by atoms with Crippen molar-refractivity contribution in [2.75, 3.05) is 31.3 Å². The Morgan fingerprint density at radius 3 is 2.72 bits per heavy atom. The van der Waals surface area contributed by atoms with Crippen LogP contribution in [0.3, 0.4) is 0 Å². The summed E-state index contributed by atoms with van der Waals surface area (Å²) in [7, 11) is 0. The summed E-state index contributed by atoms with van der Waals surface area (Å²) < 4.78 is 16.4. The molecule has 2 saturated carbocycles. The number of nitriles is 1. The molecule has 2 bridgehead atoms. The molecule has 7 heteroatoms. The Labute approximate surface area is 170 Å². The zero-order valence-corrected chi connectivity index (χ0v) is 16.5. The van der Waals surface area contributed by atoms with Crippen LogP contribution in [0.4, 0.5) is 5.69 Å². The third kappa shape index (κ3) is 4.47. The van der Waals surface area contributed by atoms with E-state index in [2.05, 4.69) is 6.07 Å². The molecule has 0 aromatic heterocycles. The Bertz CT molecular complexity index is 818. The van der Waals surface area contributed by atoms with Crippen molar-refractivity contribution in [1.29, 1.82) is 5.26 Å². The molecule has 3 atom stereocenters. The van der Waals surface area contributed by atoms with Crippen LogP contribution in [0.1, 0.15) is 38.5 Å². The molecule has 29 heavy (non-hydrogen) atoms. The fourth-order valence-electron chi connectivity index (χ4n) is 4.88. The number of carbonyl (C=O) groups excluding carboxylic acids is 2. The van der Waals surface area contributed by atoms with Crippen molar-refractivity contribution in [3.8, 4) is 17.6 Å². The highest BCUT2D eigenvalue weighted by Gasteiger charge is 2.40. The third-order valence-electron chi connectivity index (χ3n) is 6.26. The minimum Gasteiger partial charge on any atom is -0.486 e. The summed E-state index contributed by atoms with van der Waals surface area (Å²) in [6.45, 7) is 0.837. The second-order valence-electron chi connectivity index (χ2n) is 8.08. The van der Waals surface area contributed by atoms with E-state index in [9.17, 15) is 9.59 Å². The minimum absolute atomic E-state index is 0.180. The molecule has 1 aromatic carbocycles. The Kier molecular flexibility index (Phi) is 5.89. The number of esters is 1. The van der Waals surface area contributed by atoms with Crippen molar-refractivity contribution >= 4 is 17.6 Å². The van der Waals surface area contributed by atoms with Crippen LogP contribution in [-0.4, -0.2) is 38.2 Å². The molecule has 0 saturated heterocycles. The predicted octanol–water partition coefficient (Wildman–Crippen LogP) is 3.07. The summed E-state index contributed by atoms with van der Waals surface area (Å²) in [6.07, 6.45) is 5.43. The van der Waals surface area contributed by atoms with Gasteiger partial charge in [-0.3, -0.25) is 9.59 Å². The van der Waals surface area contributed by atoms with Crippen LogP contribution < -0.4 is 14.4 Å². The van der Waals surface area contributed by atoms with E-state index in [-0.39, 0.29) is 31.4 Å². The van der Waals surface area contributed by atoms with Gasteiger partial charge in [0.05, 0.1) is 12.5 Å². The lowest BCUT2D eigenvalue weighted by atomic mass is 9.86. The molecule has 154 valence electrons. The first-order valence-corrected chi connectivity index (χ1v) is 10.4. The number of hydrogen-bond acceptors (Lipinski definition) is 6. The van der Waals surface area contributed by atoms with E-state index in [1.54, 1.807) is 18.2 Å². The smallest absolute Gasteiger partial charge is 0.306 e. The number of benzene rings is 1. The number of ether oxygens (including phenoxy) is 3. The van der Waals surface area contributed by atoms with Gasteiger partial charge in [-0.25, -0.2) is 0 Å². The molecule has 0 spiro atoms. The van der Waals surface area contributed by atoms with Crippen LogP contribution in [0.5, 0.6) is 11.5 Å². The Hall–Kier alpha value is -2.75. The van der Waals surface area contributed by atoms with E-state index in [1.807, 2.05) is 0 Å². The van der Waals surface area contributed by atoms with Gasteiger partial charge in [-0.2, -0.15) is 5.26 Å². The van der Waals surface area contributed by atoms with Crippen LogP contribution >= 0.6 is 0 Å². The Balaban J connectivity index is 1.35. The second-order valence-corrected chi connectivity index (χ2v) is 8.08. The summed E-state index contributed by atoms with van der Waals surface area (Å²) in [5.41, 5.74) is 0.596. The van der Waals surface area contributed by atoms with E-state index in [0.29, 0.717) is 48.7 Å². The SMILES string of the molecule is N#CCCN(C(=O)COC(=O)C[C@@H]1C[C@H]2CC[C@@H]1C2)c1ccc2c(c1)OCCO2. The average molecular weight is 398 g/mol. The number of hydrogen-bond donors (Lipinski definition) is 0. The van der Waals surface area contributed by atoms with Crippen LogP contribution in [0.15, 0.2) is 18.2 Å². The van der Waals surface area contributed by atoms with Gasteiger partial charge in [-0.1, -0.05) is 6.42 Å². The average Bonchev–Trinajstić information content (AvgIpc) is 3.35. The zero-order valence-electron chi connectivity index (χ0n) is 16.5. The summed E-state index contributed by atoms with van der Waals surface area (Å²) in [5.74, 6) is 2.37. The monoisotopic (exact) mass is 398 g/mol. The number of carbonyl (C=O) groups is 2. The van der Waals surface area contributed by atoms with Crippen molar-refractivity contribution in [2.45, 2.75) is 38.5 Å². The number of anilines is 1. The first-order chi connectivity index (χ1) is 14.1.